The average Bonchev–Trinajstić information content (AvgIpc) is 2.94. The van der Waals surface area contributed by atoms with Gasteiger partial charge in [-0.2, -0.15) is 0 Å². The van der Waals surface area contributed by atoms with Crippen molar-refractivity contribution in [1.82, 2.24) is 4.57 Å². The second-order valence-electron chi connectivity index (χ2n) is 4.75. The molecule has 0 radical (unpaired) electrons. The highest BCUT2D eigenvalue weighted by Gasteiger charge is 2.17. The molecule has 0 saturated heterocycles. The summed E-state index contributed by atoms with van der Waals surface area (Å²) in [6.07, 6.45) is 1.14. The molecule has 0 fully saturated rings. The van der Waals surface area contributed by atoms with Crippen molar-refractivity contribution in [3.8, 4) is 0 Å². The number of aldehydes is 1. The van der Waals surface area contributed by atoms with Gasteiger partial charge in [-0.1, -0.05) is 42.5 Å². The smallest absolute Gasteiger partial charge is 0.418 e. The molecule has 3 rings (SSSR count). The first kappa shape index (κ1) is 14.0. The number of ether oxygens (including phenoxy) is 1. The van der Waals surface area contributed by atoms with Crippen LogP contribution in [-0.4, -0.2) is 16.9 Å². The van der Waals surface area contributed by atoms with E-state index in [0.29, 0.717) is 11.7 Å². The molecule has 0 aliphatic carbocycles. The minimum absolute atomic E-state index is 0.0441. The molecule has 0 bridgehead atoms. The van der Waals surface area contributed by atoms with Crippen LogP contribution in [0.15, 0.2) is 54.7 Å². The van der Waals surface area contributed by atoms with Crippen molar-refractivity contribution in [2.24, 2.45) is 0 Å². The highest BCUT2D eigenvalue weighted by Crippen LogP contribution is 2.23. The van der Waals surface area contributed by atoms with Crippen LogP contribution in [0, 0.1) is 5.82 Å². The Hall–Kier alpha value is -2.95. The first-order valence-electron chi connectivity index (χ1n) is 6.66. The maximum absolute atomic E-state index is 14.0. The fraction of sp³-hybridized carbons (Fsp3) is 0.0588. The summed E-state index contributed by atoms with van der Waals surface area (Å²) >= 11 is 0. The third-order valence-electron chi connectivity index (χ3n) is 3.34. The third-order valence-corrected chi connectivity index (χ3v) is 3.34. The molecule has 3 aromatic rings. The average molecular weight is 297 g/mol. The maximum atomic E-state index is 14.0. The van der Waals surface area contributed by atoms with Crippen molar-refractivity contribution >= 4 is 23.3 Å². The zero-order valence-corrected chi connectivity index (χ0v) is 11.5. The number of hydrogen-bond acceptors (Lipinski definition) is 3. The van der Waals surface area contributed by atoms with Gasteiger partial charge in [-0.05, 0) is 11.6 Å². The SMILES string of the molecule is O=Cc1cn(C(=O)OCc2ccccc2)c2c(F)cccc12. The first-order chi connectivity index (χ1) is 10.7. The molecule has 22 heavy (non-hydrogen) atoms. The van der Waals surface area contributed by atoms with Crippen LogP contribution in [0.1, 0.15) is 15.9 Å². The van der Waals surface area contributed by atoms with Crippen molar-refractivity contribution in [3.05, 3.63) is 71.7 Å². The summed E-state index contributed by atoms with van der Waals surface area (Å²) in [5, 5.41) is 0.381. The van der Waals surface area contributed by atoms with Crippen LogP contribution in [0.3, 0.4) is 0 Å². The van der Waals surface area contributed by atoms with Crippen LogP contribution < -0.4 is 0 Å². The topological polar surface area (TPSA) is 48.3 Å². The number of carbonyl (C=O) groups excluding carboxylic acids is 2. The van der Waals surface area contributed by atoms with Crippen LogP contribution in [0.2, 0.25) is 0 Å². The molecular formula is C17H12FNO3. The molecule has 1 aromatic heterocycles. The van der Waals surface area contributed by atoms with Gasteiger partial charge in [-0.3, -0.25) is 4.79 Å². The molecule has 0 spiro atoms. The predicted molar refractivity (Wildman–Crippen MR) is 79.3 cm³/mol. The molecule has 0 N–H and O–H groups in total. The molecule has 0 unspecified atom stereocenters. The monoisotopic (exact) mass is 297 g/mol. The van der Waals surface area contributed by atoms with Crippen molar-refractivity contribution in [1.29, 1.82) is 0 Å². The van der Waals surface area contributed by atoms with Crippen molar-refractivity contribution in [2.45, 2.75) is 6.61 Å². The van der Waals surface area contributed by atoms with E-state index in [2.05, 4.69) is 0 Å². The summed E-state index contributed by atoms with van der Waals surface area (Å²) in [4.78, 5) is 23.2. The Balaban J connectivity index is 1.92. The number of rotatable bonds is 3. The predicted octanol–water partition coefficient (Wildman–Crippen LogP) is 3.78. The second kappa shape index (κ2) is 5.81. The van der Waals surface area contributed by atoms with Gasteiger partial charge in [0, 0.05) is 17.1 Å². The van der Waals surface area contributed by atoms with Crippen molar-refractivity contribution < 1.29 is 18.7 Å². The standard InChI is InChI=1S/C17H12FNO3/c18-15-8-4-7-14-13(10-20)9-19(16(14)15)17(21)22-11-12-5-2-1-3-6-12/h1-10H,11H2. The maximum Gasteiger partial charge on any atom is 0.418 e. The number of carbonyl (C=O) groups is 2. The number of aromatic nitrogens is 1. The van der Waals surface area contributed by atoms with Crippen LogP contribution in [0.25, 0.3) is 10.9 Å². The summed E-state index contributed by atoms with van der Waals surface area (Å²) in [6, 6.07) is 13.5. The molecule has 0 atom stereocenters. The number of nitrogens with zero attached hydrogens (tertiary/aromatic N) is 1. The lowest BCUT2D eigenvalue weighted by Crippen LogP contribution is -2.13. The van der Waals surface area contributed by atoms with Gasteiger partial charge in [0.2, 0.25) is 0 Å². The van der Waals surface area contributed by atoms with Gasteiger partial charge >= 0.3 is 6.09 Å². The highest BCUT2D eigenvalue weighted by molar-refractivity contribution is 6.01. The Morgan fingerprint density at radius 2 is 1.91 bits per heavy atom. The fourth-order valence-electron chi connectivity index (χ4n) is 2.29. The van der Waals surface area contributed by atoms with Gasteiger partial charge in [-0.25, -0.2) is 13.8 Å². The Bertz CT molecular complexity index is 840. The minimum atomic E-state index is -0.730. The van der Waals surface area contributed by atoms with Crippen LogP contribution >= 0.6 is 0 Å². The number of benzene rings is 2. The summed E-state index contributed by atoms with van der Waals surface area (Å²) in [7, 11) is 0. The van der Waals surface area contributed by atoms with E-state index < -0.39 is 11.9 Å². The van der Waals surface area contributed by atoms with E-state index in [9.17, 15) is 14.0 Å². The highest BCUT2D eigenvalue weighted by atomic mass is 19.1. The summed E-state index contributed by atoms with van der Waals surface area (Å²) in [6.45, 7) is 0.0736. The number of para-hydroxylation sites is 1. The van der Waals surface area contributed by atoms with E-state index in [1.807, 2.05) is 30.3 Å². The normalized spacial score (nSPS) is 10.6. The number of halogens is 1. The molecule has 110 valence electrons. The fourth-order valence-corrected chi connectivity index (χ4v) is 2.29. The molecule has 0 saturated carbocycles. The van der Waals surface area contributed by atoms with E-state index in [0.717, 1.165) is 10.1 Å². The Kier molecular flexibility index (Phi) is 3.70. The molecule has 0 aliphatic rings. The largest absolute Gasteiger partial charge is 0.444 e. The van der Waals surface area contributed by atoms with Crippen LogP contribution in [0.4, 0.5) is 9.18 Å². The van der Waals surface area contributed by atoms with Gasteiger partial charge in [0.15, 0.2) is 6.29 Å². The van der Waals surface area contributed by atoms with Crippen molar-refractivity contribution in [2.75, 3.05) is 0 Å². The first-order valence-corrected chi connectivity index (χ1v) is 6.66. The van der Waals surface area contributed by atoms with Crippen LogP contribution in [0.5, 0.6) is 0 Å². The molecule has 0 amide bonds. The lowest BCUT2D eigenvalue weighted by Gasteiger charge is -2.07. The summed E-state index contributed by atoms with van der Waals surface area (Å²) in [5.41, 5.74) is 1.11. The van der Waals surface area contributed by atoms with Gasteiger partial charge in [0.1, 0.15) is 12.4 Å². The van der Waals surface area contributed by atoms with E-state index >= 15 is 0 Å². The van der Waals surface area contributed by atoms with E-state index in [1.54, 1.807) is 6.07 Å². The zero-order chi connectivity index (χ0) is 15.5. The van der Waals surface area contributed by atoms with Crippen LogP contribution in [-0.2, 0) is 11.3 Å². The van der Waals surface area contributed by atoms with E-state index in [4.69, 9.17) is 4.74 Å². The number of hydrogen-bond donors (Lipinski definition) is 0. The quantitative estimate of drug-likeness (QED) is 0.691. The molecular weight excluding hydrogens is 285 g/mol. The molecule has 1 heterocycles. The summed E-state index contributed by atoms with van der Waals surface area (Å²) in [5.74, 6) is -0.581. The lowest BCUT2D eigenvalue weighted by molar-refractivity contribution is 0.112. The Morgan fingerprint density at radius 1 is 1.14 bits per heavy atom. The lowest BCUT2D eigenvalue weighted by atomic mass is 10.2. The minimum Gasteiger partial charge on any atom is -0.444 e. The Labute approximate surface area is 125 Å². The molecule has 0 aliphatic heterocycles. The van der Waals surface area contributed by atoms with Gasteiger partial charge in [0.05, 0.1) is 5.52 Å². The van der Waals surface area contributed by atoms with E-state index in [-0.39, 0.29) is 17.7 Å². The van der Waals surface area contributed by atoms with Gasteiger partial charge < -0.3 is 4.74 Å². The molecule has 2 aromatic carbocycles. The number of fused-ring (bicyclic) bond motifs is 1. The van der Waals surface area contributed by atoms with Gasteiger partial charge in [0.25, 0.3) is 0 Å². The Morgan fingerprint density at radius 3 is 2.64 bits per heavy atom. The molecule has 5 heteroatoms. The van der Waals surface area contributed by atoms with E-state index in [1.165, 1.54) is 18.3 Å². The summed E-state index contributed by atoms with van der Waals surface area (Å²) < 4.78 is 20.2. The zero-order valence-electron chi connectivity index (χ0n) is 11.5. The second-order valence-corrected chi connectivity index (χ2v) is 4.75. The molecule has 4 nitrogen and oxygen atoms in total. The third kappa shape index (κ3) is 2.48. The van der Waals surface area contributed by atoms with Crippen molar-refractivity contribution in [3.63, 3.8) is 0 Å². The van der Waals surface area contributed by atoms with Gasteiger partial charge in [-0.15, -0.1) is 0 Å².